The number of benzene rings is 2. The summed E-state index contributed by atoms with van der Waals surface area (Å²) in [5.74, 6) is 0.525. The summed E-state index contributed by atoms with van der Waals surface area (Å²) < 4.78 is 16.2. The molecule has 9 nitrogen and oxygen atoms in total. The first-order chi connectivity index (χ1) is 13.5. The number of esters is 1. The van der Waals surface area contributed by atoms with Crippen molar-refractivity contribution in [2.24, 2.45) is 0 Å². The monoisotopic (exact) mass is 383 g/mol. The zero-order valence-electron chi connectivity index (χ0n) is 15.0. The number of nitro groups is 1. The lowest BCUT2D eigenvalue weighted by molar-refractivity contribution is -0.384. The fourth-order valence-electron chi connectivity index (χ4n) is 2.32. The number of rotatable bonds is 8. The molecule has 1 heterocycles. The molecular weight excluding hydrogens is 366 g/mol. The van der Waals surface area contributed by atoms with Gasteiger partial charge in [0.15, 0.2) is 6.10 Å². The quantitative estimate of drug-likeness (QED) is 0.328. The van der Waals surface area contributed by atoms with Crippen LogP contribution in [0.4, 0.5) is 5.69 Å². The van der Waals surface area contributed by atoms with Crippen LogP contribution in [0, 0.1) is 10.1 Å². The molecule has 0 amide bonds. The van der Waals surface area contributed by atoms with Gasteiger partial charge in [-0.25, -0.2) is 0 Å². The molecule has 0 radical (unpaired) electrons. The molecule has 1 atom stereocenters. The summed E-state index contributed by atoms with van der Waals surface area (Å²) in [4.78, 5) is 22.1. The highest BCUT2D eigenvalue weighted by Crippen LogP contribution is 2.24. The summed E-state index contributed by atoms with van der Waals surface area (Å²) in [6.07, 6.45) is -0.661. The molecule has 0 fully saturated rings. The van der Waals surface area contributed by atoms with Gasteiger partial charge in [-0.2, -0.15) is 0 Å². The van der Waals surface area contributed by atoms with Crippen molar-refractivity contribution in [2.45, 2.75) is 19.4 Å². The van der Waals surface area contributed by atoms with Gasteiger partial charge in [0, 0.05) is 17.7 Å². The molecule has 9 heteroatoms. The summed E-state index contributed by atoms with van der Waals surface area (Å²) in [7, 11) is 0. The Morgan fingerprint density at radius 3 is 2.54 bits per heavy atom. The van der Waals surface area contributed by atoms with E-state index in [1.807, 2.05) is 18.2 Å². The van der Waals surface area contributed by atoms with Gasteiger partial charge in [0.2, 0.25) is 5.89 Å². The molecule has 2 aromatic carbocycles. The van der Waals surface area contributed by atoms with Gasteiger partial charge in [-0.15, -0.1) is 10.2 Å². The topological polar surface area (TPSA) is 118 Å². The summed E-state index contributed by atoms with van der Waals surface area (Å²) >= 11 is 0. The van der Waals surface area contributed by atoms with Crippen LogP contribution >= 0.6 is 0 Å². The number of para-hydroxylation sites is 1. The van der Waals surface area contributed by atoms with Gasteiger partial charge in [-0.05, 0) is 31.2 Å². The van der Waals surface area contributed by atoms with Crippen molar-refractivity contribution < 1.29 is 23.6 Å². The molecule has 3 rings (SSSR count). The Morgan fingerprint density at radius 2 is 1.86 bits per heavy atom. The summed E-state index contributed by atoms with van der Waals surface area (Å²) in [6.45, 7) is 1.80. The Kier molecular flexibility index (Phi) is 5.95. The number of hydrogen-bond donors (Lipinski definition) is 0. The van der Waals surface area contributed by atoms with E-state index in [4.69, 9.17) is 13.9 Å². The van der Waals surface area contributed by atoms with Gasteiger partial charge in [-0.3, -0.25) is 14.9 Å². The molecule has 0 aliphatic carbocycles. The molecule has 0 N–H and O–H groups in total. The van der Waals surface area contributed by atoms with Gasteiger partial charge in [0.05, 0.1) is 18.0 Å². The molecule has 0 bridgehead atoms. The third-order valence-corrected chi connectivity index (χ3v) is 3.74. The first kappa shape index (κ1) is 19.0. The highest BCUT2D eigenvalue weighted by molar-refractivity contribution is 5.69. The second-order valence-corrected chi connectivity index (χ2v) is 5.79. The molecule has 0 aliphatic rings. The highest BCUT2D eigenvalue weighted by Gasteiger charge is 2.19. The van der Waals surface area contributed by atoms with E-state index in [1.165, 1.54) is 24.3 Å². The van der Waals surface area contributed by atoms with Gasteiger partial charge in [-0.1, -0.05) is 18.2 Å². The maximum Gasteiger partial charge on any atom is 0.310 e. The Morgan fingerprint density at radius 1 is 1.14 bits per heavy atom. The summed E-state index contributed by atoms with van der Waals surface area (Å²) in [5, 5.41) is 18.5. The van der Waals surface area contributed by atoms with Crippen LogP contribution in [0.15, 0.2) is 59.0 Å². The third-order valence-electron chi connectivity index (χ3n) is 3.74. The van der Waals surface area contributed by atoms with E-state index in [1.54, 1.807) is 19.1 Å². The number of ether oxygens (including phenoxy) is 2. The SMILES string of the molecule is C[C@H](OC(=O)CCOc1ccccc1)c1nnc(-c2ccc([N+](=O)[O-])cc2)o1. The second kappa shape index (κ2) is 8.76. The minimum atomic E-state index is -0.733. The van der Waals surface area contributed by atoms with Gasteiger partial charge < -0.3 is 13.9 Å². The van der Waals surface area contributed by atoms with Crippen molar-refractivity contribution >= 4 is 11.7 Å². The maximum atomic E-state index is 11.9. The molecule has 3 aromatic rings. The smallest absolute Gasteiger partial charge is 0.310 e. The molecular formula is C19H17N3O6. The Labute approximate surface area is 160 Å². The van der Waals surface area contributed by atoms with Crippen molar-refractivity contribution in [1.29, 1.82) is 0 Å². The zero-order chi connectivity index (χ0) is 19.9. The third kappa shape index (κ3) is 4.91. The standard InChI is InChI=1S/C19H17N3O6/c1-13(27-17(23)11-12-26-16-5-3-2-4-6-16)18-20-21-19(28-18)14-7-9-15(10-8-14)22(24)25/h2-10,13H,11-12H2,1H3/t13-/m0/s1. The fourth-order valence-corrected chi connectivity index (χ4v) is 2.32. The van der Waals surface area contributed by atoms with Crippen molar-refractivity contribution in [3.63, 3.8) is 0 Å². The van der Waals surface area contributed by atoms with Gasteiger partial charge >= 0.3 is 5.97 Å². The molecule has 144 valence electrons. The van der Waals surface area contributed by atoms with Crippen molar-refractivity contribution in [3.05, 3.63) is 70.6 Å². The highest BCUT2D eigenvalue weighted by atomic mass is 16.6. The summed E-state index contributed by atoms with van der Waals surface area (Å²) in [5.41, 5.74) is 0.489. The summed E-state index contributed by atoms with van der Waals surface area (Å²) in [6, 6.07) is 14.9. The van der Waals surface area contributed by atoms with E-state index in [0.717, 1.165) is 0 Å². The number of non-ortho nitro benzene ring substituents is 1. The average molecular weight is 383 g/mol. The fraction of sp³-hybridized carbons (Fsp3) is 0.211. The first-order valence-corrected chi connectivity index (χ1v) is 8.48. The van der Waals surface area contributed by atoms with Crippen LogP contribution in [0.2, 0.25) is 0 Å². The molecule has 0 saturated heterocycles. The molecule has 0 aliphatic heterocycles. The largest absolute Gasteiger partial charge is 0.493 e. The van der Waals surface area contributed by atoms with Gasteiger partial charge in [0.1, 0.15) is 5.75 Å². The molecule has 28 heavy (non-hydrogen) atoms. The predicted molar refractivity (Wildman–Crippen MR) is 97.4 cm³/mol. The van der Waals surface area contributed by atoms with Crippen molar-refractivity contribution in [1.82, 2.24) is 10.2 Å². The van der Waals surface area contributed by atoms with Crippen LogP contribution < -0.4 is 4.74 Å². The molecule has 0 unspecified atom stereocenters. The molecule has 0 spiro atoms. The van der Waals surface area contributed by atoms with E-state index in [-0.39, 0.29) is 30.5 Å². The lowest BCUT2D eigenvalue weighted by Crippen LogP contribution is -2.12. The van der Waals surface area contributed by atoms with Crippen molar-refractivity contribution in [2.75, 3.05) is 6.61 Å². The van der Waals surface area contributed by atoms with Crippen LogP contribution in [0.5, 0.6) is 5.75 Å². The van der Waals surface area contributed by atoms with Crippen LogP contribution in [0.3, 0.4) is 0 Å². The Bertz CT molecular complexity index is 940. The molecule has 0 saturated carbocycles. The van der Waals surface area contributed by atoms with Gasteiger partial charge in [0.25, 0.3) is 11.6 Å². The molecule has 1 aromatic heterocycles. The van der Waals surface area contributed by atoms with Crippen LogP contribution in [-0.2, 0) is 9.53 Å². The van der Waals surface area contributed by atoms with E-state index >= 15 is 0 Å². The van der Waals surface area contributed by atoms with Crippen LogP contribution in [-0.4, -0.2) is 27.7 Å². The Hall–Kier alpha value is -3.75. The number of nitrogens with zero attached hydrogens (tertiary/aromatic N) is 3. The first-order valence-electron chi connectivity index (χ1n) is 8.48. The van der Waals surface area contributed by atoms with E-state index in [0.29, 0.717) is 11.3 Å². The lowest BCUT2D eigenvalue weighted by Gasteiger charge is -2.10. The average Bonchev–Trinajstić information content (AvgIpc) is 3.19. The van der Waals surface area contributed by atoms with E-state index in [9.17, 15) is 14.9 Å². The Balaban J connectivity index is 1.52. The minimum absolute atomic E-state index is 0.0384. The van der Waals surface area contributed by atoms with Crippen LogP contribution in [0.25, 0.3) is 11.5 Å². The number of nitro benzene ring substituents is 1. The van der Waals surface area contributed by atoms with E-state index < -0.39 is 17.0 Å². The number of aromatic nitrogens is 2. The van der Waals surface area contributed by atoms with E-state index in [2.05, 4.69) is 10.2 Å². The maximum absolute atomic E-state index is 11.9. The van der Waals surface area contributed by atoms with Crippen LogP contribution in [0.1, 0.15) is 25.3 Å². The minimum Gasteiger partial charge on any atom is -0.493 e. The number of hydrogen-bond acceptors (Lipinski definition) is 8. The number of carbonyl (C=O) groups is 1. The van der Waals surface area contributed by atoms with Crippen molar-refractivity contribution in [3.8, 4) is 17.2 Å². The lowest BCUT2D eigenvalue weighted by atomic mass is 10.2. The zero-order valence-corrected chi connectivity index (χ0v) is 15.0. The number of carbonyl (C=O) groups excluding carboxylic acids is 1. The predicted octanol–water partition coefficient (Wildman–Crippen LogP) is 3.72. The second-order valence-electron chi connectivity index (χ2n) is 5.79. The normalized spacial score (nSPS) is 11.6.